The molecule has 0 rings (SSSR count). The maximum atomic E-state index is 11.4. The van der Waals surface area contributed by atoms with Crippen LogP contribution in [0.4, 0.5) is 0 Å². The van der Waals surface area contributed by atoms with E-state index in [9.17, 15) is 4.79 Å². The summed E-state index contributed by atoms with van der Waals surface area (Å²) < 4.78 is 4.99. The SMILES string of the molecule is CCCCNC(CCC)C(=O)OCC. The Morgan fingerprint density at radius 3 is 2.50 bits per heavy atom. The van der Waals surface area contributed by atoms with Crippen molar-refractivity contribution in [3.05, 3.63) is 0 Å². The number of esters is 1. The summed E-state index contributed by atoms with van der Waals surface area (Å²) in [5, 5.41) is 3.23. The molecule has 0 aliphatic rings. The monoisotopic (exact) mass is 201 g/mol. The van der Waals surface area contributed by atoms with Gasteiger partial charge in [-0.25, -0.2) is 0 Å². The minimum atomic E-state index is -0.106. The molecule has 0 aromatic heterocycles. The molecule has 1 N–H and O–H groups in total. The zero-order valence-electron chi connectivity index (χ0n) is 9.64. The average Bonchev–Trinajstić information content (AvgIpc) is 2.17. The Labute approximate surface area is 87.2 Å². The van der Waals surface area contributed by atoms with Crippen LogP contribution in [0.1, 0.15) is 46.5 Å². The first kappa shape index (κ1) is 13.4. The van der Waals surface area contributed by atoms with Gasteiger partial charge in [-0.2, -0.15) is 0 Å². The van der Waals surface area contributed by atoms with E-state index in [4.69, 9.17) is 4.74 Å². The summed E-state index contributed by atoms with van der Waals surface area (Å²) >= 11 is 0. The van der Waals surface area contributed by atoms with E-state index in [2.05, 4.69) is 19.2 Å². The third kappa shape index (κ3) is 5.97. The molecular weight excluding hydrogens is 178 g/mol. The minimum absolute atomic E-state index is 0.105. The van der Waals surface area contributed by atoms with Gasteiger partial charge in [-0.05, 0) is 26.3 Å². The summed E-state index contributed by atoms with van der Waals surface area (Å²) in [5.74, 6) is -0.106. The molecule has 84 valence electrons. The van der Waals surface area contributed by atoms with Crippen LogP contribution in [0, 0.1) is 0 Å². The summed E-state index contributed by atoms with van der Waals surface area (Å²) in [4.78, 5) is 11.4. The first-order valence-corrected chi connectivity index (χ1v) is 5.66. The normalized spacial score (nSPS) is 12.5. The number of hydrogen-bond acceptors (Lipinski definition) is 3. The Kier molecular flexibility index (Phi) is 8.64. The summed E-state index contributed by atoms with van der Waals surface area (Å²) in [6, 6.07) is -0.105. The van der Waals surface area contributed by atoms with Crippen LogP contribution < -0.4 is 5.32 Å². The Morgan fingerprint density at radius 2 is 2.00 bits per heavy atom. The Morgan fingerprint density at radius 1 is 1.29 bits per heavy atom. The molecule has 0 aromatic rings. The van der Waals surface area contributed by atoms with Gasteiger partial charge in [0.25, 0.3) is 0 Å². The van der Waals surface area contributed by atoms with E-state index in [0.29, 0.717) is 6.61 Å². The van der Waals surface area contributed by atoms with Gasteiger partial charge in [0, 0.05) is 0 Å². The molecule has 0 heterocycles. The van der Waals surface area contributed by atoms with Gasteiger partial charge >= 0.3 is 5.97 Å². The van der Waals surface area contributed by atoms with Gasteiger partial charge in [-0.1, -0.05) is 26.7 Å². The highest BCUT2D eigenvalue weighted by Crippen LogP contribution is 2.00. The van der Waals surface area contributed by atoms with Crippen LogP contribution in [0.25, 0.3) is 0 Å². The zero-order chi connectivity index (χ0) is 10.8. The number of ether oxygens (including phenoxy) is 1. The van der Waals surface area contributed by atoms with E-state index < -0.39 is 0 Å². The molecule has 0 aliphatic heterocycles. The molecule has 0 fully saturated rings. The predicted octanol–water partition coefficient (Wildman–Crippen LogP) is 2.11. The highest BCUT2D eigenvalue weighted by Gasteiger charge is 2.16. The van der Waals surface area contributed by atoms with Gasteiger partial charge in [-0.3, -0.25) is 4.79 Å². The van der Waals surface area contributed by atoms with Crippen LogP contribution in [0.3, 0.4) is 0 Å². The van der Waals surface area contributed by atoms with Crippen LogP contribution in [-0.4, -0.2) is 25.2 Å². The molecule has 1 atom stereocenters. The van der Waals surface area contributed by atoms with Crippen LogP contribution in [0.2, 0.25) is 0 Å². The lowest BCUT2D eigenvalue weighted by molar-refractivity contribution is -0.145. The lowest BCUT2D eigenvalue weighted by Crippen LogP contribution is -2.38. The van der Waals surface area contributed by atoms with Crippen molar-refractivity contribution < 1.29 is 9.53 Å². The second-order valence-electron chi connectivity index (χ2n) is 3.40. The van der Waals surface area contributed by atoms with Crippen molar-refractivity contribution in [2.75, 3.05) is 13.2 Å². The third-order valence-electron chi connectivity index (χ3n) is 2.07. The average molecular weight is 201 g/mol. The Bertz CT molecular complexity index is 148. The molecular formula is C11H23NO2. The molecule has 0 aromatic carbocycles. The summed E-state index contributed by atoms with van der Waals surface area (Å²) in [6.07, 6.45) is 4.12. The topological polar surface area (TPSA) is 38.3 Å². The molecule has 0 radical (unpaired) electrons. The number of hydrogen-bond donors (Lipinski definition) is 1. The van der Waals surface area contributed by atoms with Crippen LogP contribution in [0.15, 0.2) is 0 Å². The maximum absolute atomic E-state index is 11.4. The fourth-order valence-corrected chi connectivity index (χ4v) is 1.29. The predicted molar refractivity (Wildman–Crippen MR) is 58.2 cm³/mol. The standard InChI is InChI=1S/C11H23NO2/c1-4-7-9-12-10(8-5-2)11(13)14-6-3/h10,12H,4-9H2,1-3H3. The van der Waals surface area contributed by atoms with Crippen molar-refractivity contribution >= 4 is 5.97 Å². The van der Waals surface area contributed by atoms with Gasteiger partial charge in [0.2, 0.25) is 0 Å². The van der Waals surface area contributed by atoms with E-state index in [1.54, 1.807) is 0 Å². The fraction of sp³-hybridized carbons (Fsp3) is 0.909. The van der Waals surface area contributed by atoms with Gasteiger partial charge in [-0.15, -0.1) is 0 Å². The Balaban J connectivity index is 3.81. The molecule has 14 heavy (non-hydrogen) atoms. The van der Waals surface area contributed by atoms with Gasteiger partial charge < -0.3 is 10.1 Å². The highest BCUT2D eigenvalue weighted by molar-refractivity contribution is 5.75. The van der Waals surface area contributed by atoms with Crippen molar-refractivity contribution in [1.29, 1.82) is 0 Å². The van der Waals surface area contributed by atoms with E-state index in [1.165, 1.54) is 0 Å². The van der Waals surface area contributed by atoms with Gasteiger partial charge in [0.1, 0.15) is 6.04 Å². The van der Waals surface area contributed by atoms with Gasteiger partial charge in [0.05, 0.1) is 6.61 Å². The van der Waals surface area contributed by atoms with E-state index in [0.717, 1.165) is 32.2 Å². The molecule has 0 aliphatic carbocycles. The van der Waals surface area contributed by atoms with Crippen molar-refractivity contribution in [3.63, 3.8) is 0 Å². The highest BCUT2D eigenvalue weighted by atomic mass is 16.5. The quantitative estimate of drug-likeness (QED) is 0.483. The molecule has 0 spiro atoms. The summed E-state index contributed by atoms with van der Waals surface area (Å²) in [7, 11) is 0. The van der Waals surface area contributed by atoms with Crippen molar-refractivity contribution in [3.8, 4) is 0 Å². The lowest BCUT2D eigenvalue weighted by Gasteiger charge is -2.15. The summed E-state index contributed by atoms with van der Waals surface area (Å²) in [6.45, 7) is 7.43. The number of carbonyl (C=O) groups is 1. The van der Waals surface area contributed by atoms with Crippen molar-refractivity contribution in [1.82, 2.24) is 5.32 Å². The smallest absolute Gasteiger partial charge is 0.323 e. The third-order valence-corrected chi connectivity index (χ3v) is 2.07. The first-order valence-electron chi connectivity index (χ1n) is 5.66. The molecule has 0 bridgehead atoms. The fourth-order valence-electron chi connectivity index (χ4n) is 1.29. The second-order valence-corrected chi connectivity index (χ2v) is 3.40. The number of rotatable bonds is 8. The van der Waals surface area contributed by atoms with Crippen molar-refractivity contribution in [2.24, 2.45) is 0 Å². The van der Waals surface area contributed by atoms with Crippen LogP contribution >= 0.6 is 0 Å². The first-order chi connectivity index (χ1) is 6.76. The molecule has 1 unspecified atom stereocenters. The van der Waals surface area contributed by atoms with E-state index in [1.807, 2.05) is 6.92 Å². The molecule has 0 amide bonds. The second kappa shape index (κ2) is 9.00. The molecule has 0 saturated heterocycles. The lowest BCUT2D eigenvalue weighted by atomic mass is 10.1. The zero-order valence-corrected chi connectivity index (χ0v) is 9.64. The number of nitrogens with one attached hydrogen (secondary N) is 1. The summed E-state index contributed by atoms with van der Waals surface area (Å²) in [5.41, 5.74) is 0. The van der Waals surface area contributed by atoms with Crippen molar-refractivity contribution in [2.45, 2.75) is 52.5 Å². The molecule has 3 heteroatoms. The maximum Gasteiger partial charge on any atom is 0.323 e. The van der Waals surface area contributed by atoms with Gasteiger partial charge in [0.15, 0.2) is 0 Å². The molecule has 0 saturated carbocycles. The van der Waals surface area contributed by atoms with Crippen LogP contribution in [-0.2, 0) is 9.53 Å². The Hall–Kier alpha value is -0.570. The number of unbranched alkanes of at least 4 members (excludes halogenated alkanes) is 1. The van der Waals surface area contributed by atoms with Crippen LogP contribution in [0.5, 0.6) is 0 Å². The number of carbonyl (C=O) groups excluding carboxylic acids is 1. The molecule has 3 nitrogen and oxygen atoms in total. The van der Waals surface area contributed by atoms with E-state index >= 15 is 0 Å². The largest absolute Gasteiger partial charge is 0.465 e. The minimum Gasteiger partial charge on any atom is -0.465 e. The van der Waals surface area contributed by atoms with E-state index in [-0.39, 0.29) is 12.0 Å².